The van der Waals surface area contributed by atoms with Gasteiger partial charge < -0.3 is 15.8 Å². The molecule has 0 unspecified atom stereocenters. The van der Waals surface area contributed by atoms with Gasteiger partial charge in [-0.05, 0) is 31.5 Å². The van der Waals surface area contributed by atoms with E-state index in [9.17, 15) is 14.4 Å². The molecule has 0 atom stereocenters. The van der Waals surface area contributed by atoms with Crippen LogP contribution in [0.3, 0.4) is 0 Å². The topological polar surface area (TPSA) is 120 Å². The number of esters is 1. The van der Waals surface area contributed by atoms with Crippen LogP contribution in [0.5, 0.6) is 0 Å². The van der Waals surface area contributed by atoms with Crippen molar-refractivity contribution in [1.29, 1.82) is 0 Å². The summed E-state index contributed by atoms with van der Waals surface area (Å²) in [6.45, 7) is 4.92. The van der Waals surface area contributed by atoms with Crippen LogP contribution in [-0.4, -0.2) is 52.2 Å². The summed E-state index contributed by atoms with van der Waals surface area (Å²) in [6.07, 6.45) is 2.60. The van der Waals surface area contributed by atoms with Crippen molar-refractivity contribution in [2.75, 3.05) is 25.0 Å². The highest BCUT2D eigenvalue weighted by molar-refractivity contribution is 7.18. The van der Waals surface area contributed by atoms with Crippen LogP contribution in [0, 0.1) is 6.92 Å². The number of ether oxygens (including phenoxy) is 1. The molecule has 2 amide bonds. The van der Waals surface area contributed by atoms with Crippen LogP contribution < -0.4 is 11.1 Å². The summed E-state index contributed by atoms with van der Waals surface area (Å²) >= 11 is 0.989. The molecule has 0 saturated carbocycles. The Morgan fingerprint density at radius 2 is 2.00 bits per heavy atom. The van der Waals surface area contributed by atoms with E-state index in [-0.39, 0.29) is 34.5 Å². The number of nitrogens with zero attached hydrogens (tertiary/aromatic N) is 3. The third-order valence-electron chi connectivity index (χ3n) is 5.49. The number of nitrogens with one attached hydrogen (secondary N) is 1. The van der Waals surface area contributed by atoms with Gasteiger partial charge in [0.2, 0.25) is 5.91 Å². The molecule has 0 spiro atoms. The van der Waals surface area contributed by atoms with Gasteiger partial charge in [0.05, 0.1) is 35.5 Å². The highest BCUT2D eigenvalue weighted by Crippen LogP contribution is 2.33. The highest BCUT2D eigenvalue weighted by Gasteiger charge is 2.27. The van der Waals surface area contributed by atoms with Gasteiger partial charge in [-0.25, -0.2) is 9.48 Å². The quantitative estimate of drug-likeness (QED) is 0.515. The molecule has 1 aliphatic heterocycles. The van der Waals surface area contributed by atoms with Crippen molar-refractivity contribution in [1.82, 2.24) is 14.7 Å². The van der Waals surface area contributed by atoms with E-state index in [1.807, 2.05) is 46.1 Å². The van der Waals surface area contributed by atoms with Crippen molar-refractivity contribution in [3.63, 3.8) is 0 Å². The Balaban J connectivity index is 1.46. The third kappa shape index (κ3) is 4.67. The summed E-state index contributed by atoms with van der Waals surface area (Å²) in [5.74, 6) is -1.52. The fourth-order valence-corrected chi connectivity index (χ4v) is 5.03. The summed E-state index contributed by atoms with van der Waals surface area (Å²) in [5, 5.41) is 7.58. The number of aromatic nitrogens is 2. The number of para-hydroxylation sites is 1. The van der Waals surface area contributed by atoms with Gasteiger partial charge in [-0.1, -0.05) is 18.2 Å². The lowest BCUT2D eigenvalue weighted by molar-refractivity contribution is -0.117. The number of carbonyl (C=O) groups is 3. The van der Waals surface area contributed by atoms with Gasteiger partial charge in [0.25, 0.3) is 5.91 Å². The molecular weight excluding hydrogens is 442 g/mol. The van der Waals surface area contributed by atoms with E-state index in [1.165, 1.54) is 0 Å². The molecule has 3 heterocycles. The molecule has 172 valence electrons. The minimum atomic E-state index is -0.650. The van der Waals surface area contributed by atoms with Gasteiger partial charge in [0.15, 0.2) is 0 Å². The standard InChI is InChI=1S/C23H25N5O4S/c1-3-32-23(31)19-14(2)20(21(24)30)33-22(19)26-18(29)13-27-10-9-17-15(12-27)11-25-28(17)16-7-5-4-6-8-16/h4-8,11H,3,9-10,12-13H2,1-2H3,(H2,24,30)(H,26,29). The highest BCUT2D eigenvalue weighted by atomic mass is 32.1. The van der Waals surface area contributed by atoms with Crippen molar-refractivity contribution in [2.24, 2.45) is 5.73 Å². The Hall–Kier alpha value is -3.50. The Labute approximate surface area is 195 Å². The Kier molecular flexibility index (Phi) is 6.57. The van der Waals surface area contributed by atoms with E-state index in [4.69, 9.17) is 10.5 Å². The van der Waals surface area contributed by atoms with Gasteiger partial charge >= 0.3 is 5.97 Å². The molecule has 0 fully saturated rings. The van der Waals surface area contributed by atoms with Gasteiger partial charge in [-0.2, -0.15) is 5.10 Å². The predicted molar refractivity (Wildman–Crippen MR) is 125 cm³/mol. The lowest BCUT2D eigenvalue weighted by Crippen LogP contribution is -2.37. The normalized spacial score (nSPS) is 13.4. The van der Waals surface area contributed by atoms with E-state index >= 15 is 0 Å². The Bertz CT molecular complexity index is 1200. The molecule has 10 heteroatoms. The van der Waals surface area contributed by atoms with E-state index < -0.39 is 11.9 Å². The van der Waals surface area contributed by atoms with Crippen molar-refractivity contribution in [3.8, 4) is 5.69 Å². The van der Waals surface area contributed by atoms with E-state index in [0.29, 0.717) is 18.7 Å². The SMILES string of the molecule is CCOC(=O)c1c(NC(=O)CN2CCc3c(cnn3-c3ccccc3)C2)sc(C(N)=O)c1C. The largest absolute Gasteiger partial charge is 0.462 e. The summed E-state index contributed by atoms with van der Waals surface area (Å²) in [5.41, 5.74) is 9.25. The molecule has 1 aromatic carbocycles. The molecule has 9 nitrogen and oxygen atoms in total. The molecule has 4 rings (SSSR count). The molecule has 0 aliphatic carbocycles. The Morgan fingerprint density at radius 3 is 2.70 bits per heavy atom. The summed E-state index contributed by atoms with van der Waals surface area (Å²) < 4.78 is 7.04. The number of rotatable bonds is 7. The van der Waals surface area contributed by atoms with Crippen LogP contribution in [0.4, 0.5) is 5.00 Å². The lowest BCUT2D eigenvalue weighted by Gasteiger charge is -2.26. The number of amides is 2. The Morgan fingerprint density at radius 1 is 1.24 bits per heavy atom. The van der Waals surface area contributed by atoms with Crippen LogP contribution in [0.25, 0.3) is 5.69 Å². The van der Waals surface area contributed by atoms with Gasteiger partial charge in [-0.15, -0.1) is 11.3 Å². The zero-order chi connectivity index (χ0) is 23.5. The minimum absolute atomic E-state index is 0.140. The van der Waals surface area contributed by atoms with Crippen molar-refractivity contribution in [2.45, 2.75) is 26.8 Å². The van der Waals surface area contributed by atoms with Gasteiger partial charge in [0, 0.05) is 30.8 Å². The molecule has 1 aliphatic rings. The molecule has 2 aromatic heterocycles. The molecular formula is C23H25N5O4S. The number of benzene rings is 1. The molecule has 0 radical (unpaired) electrons. The maximum absolute atomic E-state index is 12.8. The van der Waals surface area contributed by atoms with Gasteiger partial charge in [0.1, 0.15) is 5.00 Å². The maximum atomic E-state index is 12.8. The second-order valence-corrected chi connectivity index (χ2v) is 8.74. The number of fused-ring (bicyclic) bond motifs is 1. The summed E-state index contributed by atoms with van der Waals surface area (Å²) in [6, 6.07) is 9.94. The molecule has 3 N–H and O–H groups in total. The number of anilines is 1. The third-order valence-corrected chi connectivity index (χ3v) is 6.71. The first-order valence-corrected chi connectivity index (χ1v) is 11.4. The van der Waals surface area contributed by atoms with E-state index in [0.717, 1.165) is 34.7 Å². The van der Waals surface area contributed by atoms with Crippen LogP contribution >= 0.6 is 11.3 Å². The van der Waals surface area contributed by atoms with Crippen LogP contribution in [-0.2, 0) is 22.5 Å². The van der Waals surface area contributed by atoms with Gasteiger partial charge in [-0.3, -0.25) is 14.5 Å². The first-order valence-electron chi connectivity index (χ1n) is 10.6. The van der Waals surface area contributed by atoms with Crippen molar-refractivity contribution >= 4 is 34.1 Å². The first-order chi connectivity index (χ1) is 15.9. The predicted octanol–water partition coefficient (Wildman–Crippen LogP) is 2.51. The lowest BCUT2D eigenvalue weighted by atomic mass is 10.1. The maximum Gasteiger partial charge on any atom is 0.341 e. The van der Waals surface area contributed by atoms with E-state index in [2.05, 4.69) is 10.4 Å². The second kappa shape index (κ2) is 9.55. The average molecular weight is 468 g/mol. The molecule has 33 heavy (non-hydrogen) atoms. The van der Waals surface area contributed by atoms with Crippen LogP contribution in [0.15, 0.2) is 36.5 Å². The van der Waals surface area contributed by atoms with Crippen LogP contribution in [0.1, 0.15) is 43.8 Å². The fraction of sp³-hybridized carbons (Fsp3) is 0.304. The summed E-state index contributed by atoms with van der Waals surface area (Å²) in [4.78, 5) is 39.2. The smallest absolute Gasteiger partial charge is 0.341 e. The zero-order valence-electron chi connectivity index (χ0n) is 18.5. The molecule has 0 saturated heterocycles. The zero-order valence-corrected chi connectivity index (χ0v) is 19.3. The molecule has 3 aromatic rings. The number of nitrogens with two attached hydrogens (primary N) is 1. The average Bonchev–Trinajstić information content (AvgIpc) is 3.35. The van der Waals surface area contributed by atoms with Crippen LogP contribution in [0.2, 0.25) is 0 Å². The number of carbonyl (C=O) groups excluding carboxylic acids is 3. The number of thiophene rings is 1. The number of primary amides is 1. The van der Waals surface area contributed by atoms with E-state index in [1.54, 1.807) is 13.8 Å². The minimum Gasteiger partial charge on any atom is -0.462 e. The monoisotopic (exact) mass is 467 g/mol. The number of hydrogen-bond donors (Lipinski definition) is 2. The second-order valence-electron chi connectivity index (χ2n) is 7.72. The number of hydrogen-bond acceptors (Lipinski definition) is 7. The van der Waals surface area contributed by atoms with Crippen molar-refractivity contribution in [3.05, 3.63) is 63.8 Å². The van der Waals surface area contributed by atoms with Crippen molar-refractivity contribution < 1.29 is 19.1 Å². The molecule has 0 bridgehead atoms. The summed E-state index contributed by atoms with van der Waals surface area (Å²) in [7, 11) is 0. The fourth-order valence-electron chi connectivity index (χ4n) is 3.97. The first kappa shape index (κ1) is 22.7.